The number of fused-ring (bicyclic) bond motifs is 1. The number of nitrogens with zero attached hydrogens (tertiary/aromatic N) is 5. The van der Waals surface area contributed by atoms with E-state index in [4.69, 9.17) is 54.2 Å². The first-order chi connectivity index (χ1) is 33.3. The number of halogens is 1. The van der Waals surface area contributed by atoms with Gasteiger partial charge in [0.15, 0.2) is 30.4 Å². The van der Waals surface area contributed by atoms with Crippen LogP contribution < -0.4 is 5.32 Å². The van der Waals surface area contributed by atoms with Gasteiger partial charge in [0, 0.05) is 43.1 Å². The molecule has 0 spiro atoms. The molecule has 0 unspecified atom stereocenters. The summed E-state index contributed by atoms with van der Waals surface area (Å²) in [7, 11) is 7.18. The van der Waals surface area contributed by atoms with Crippen molar-refractivity contribution in [1.29, 1.82) is 0 Å². The molecule has 20 nitrogen and oxygen atoms in total. The fraction of sp³-hybridized carbons (Fsp3) is 0.780. The monoisotopic (exact) mass is 1020 g/mol. The molecule has 0 aliphatic carbocycles. The zero-order chi connectivity index (χ0) is 52.3. The predicted molar refractivity (Wildman–Crippen MR) is 259 cm³/mol. The van der Waals surface area contributed by atoms with E-state index in [9.17, 15) is 24.6 Å². The molecular formula is C50H79ClN6O14. The molecule has 21 heteroatoms. The average molecular weight is 1020 g/mol. The minimum atomic E-state index is -1.62. The maximum absolute atomic E-state index is 14.8. The first-order valence-corrected chi connectivity index (χ1v) is 25.3. The lowest BCUT2D eigenvalue weighted by molar-refractivity contribution is -0.317. The Morgan fingerprint density at radius 2 is 1.69 bits per heavy atom. The molecule has 1 amide bonds. The van der Waals surface area contributed by atoms with Crippen molar-refractivity contribution in [3.8, 4) is 0 Å². The summed E-state index contributed by atoms with van der Waals surface area (Å²) in [6, 6.07) is 6.69. The number of cyclic esters (lactones) is 1. The van der Waals surface area contributed by atoms with Crippen molar-refractivity contribution in [2.24, 2.45) is 17.8 Å². The zero-order valence-electron chi connectivity index (χ0n) is 43.9. The van der Waals surface area contributed by atoms with Gasteiger partial charge >= 0.3 is 18.2 Å². The van der Waals surface area contributed by atoms with Crippen LogP contribution in [0.4, 0.5) is 9.59 Å². The highest BCUT2D eigenvalue weighted by molar-refractivity contribution is 6.30. The molecule has 4 aliphatic rings. The first-order valence-electron chi connectivity index (χ1n) is 24.9. The Hall–Kier alpha value is -3.70. The van der Waals surface area contributed by atoms with E-state index >= 15 is 0 Å². The summed E-state index contributed by atoms with van der Waals surface area (Å²) < 4.78 is 58.4. The van der Waals surface area contributed by atoms with Crippen LogP contribution >= 0.6 is 11.6 Å². The molecule has 0 bridgehead atoms. The lowest BCUT2D eigenvalue weighted by atomic mass is 9.77. The number of hydrogen-bond donors (Lipinski definition) is 3. The Morgan fingerprint density at radius 3 is 2.34 bits per heavy atom. The van der Waals surface area contributed by atoms with E-state index in [0.717, 1.165) is 5.56 Å². The van der Waals surface area contributed by atoms with Gasteiger partial charge in [0.1, 0.15) is 23.5 Å². The number of esters is 1. The van der Waals surface area contributed by atoms with Crippen molar-refractivity contribution in [1.82, 2.24) is 30.1 Å². The van der Waals surface area contributed by atoms with Crippen LogP contribution in [0, 0.1) is 17.8 Å². The van der Waals surface area contributed by atoms with Gasteiger partial charge in [-0.15, -0.1) is 5.10 Å². The maximum atomic E-state index is 14.8. The van der Waals surface area contributed by atoms with Crippen molar-refractivity contribution < 1.29 is 67.2 Å². The molecule has 2 aromatic rings. The third kappa shape index (κ3) is 13.2. The summed E-state index contributed by atoms with van der Waals surface area (Å²) in [4.78, 5) is 45.0. The molecule has 1 aromatic carbocycles. The Bertz CT molecular complexity index is 2100. The number of aliphatic hydroxyl groups is 2. The molecule has 0 saturated carbocycles. The number of carbonyl (C=O) groups is 3. The third-order valence-corrected chi connectivity index (χ3v) is 15.4. The Labute approximate surface area is 423 Å². The fourth-order valence-corrected chi connectivity index (χ4v) is 11.3. The van der Waals surface area contributed by atoms with E-state index in [2.05, 4.69) is 15.6 Å². The number of rotatable bonds is 12. The third-order valence-electron chi connectivity index (χ3n) is 15.1. The number of nitrogens with one attached hydrogen (secondary N) is 1. The molecule has 4 fully saturated rings. The molecule has 3 N–H and O–H groups in total. The second-order valence-electron chi connectivity index (χ2n) is 21.3. The number of aliphatic hydroxyl groups excluding tert-OH is 1. The average Bonchev–Trinajstić information content (AvgIpc) is 3.89. The summed E-state index contributed by atoms with van der Waals surface area (Å²) in [5, 5.41) is 36.3. The van der Waals surface area contributed by atoms with E-state index in [1.165, 1.54) is 7.11 Å². The summed E-state index contributed by atoms with van der Waals surface area (Å²) in [5.74, 6) is -2.72. The van der Waals surface area contributed by atoms with E-state index < -0.39 is 102 Å². The van der Waals surface area contributed by atoms with Gasteiger partial charge in [0.05, 0.1) is 55.2 Å². The van der Waals surface area contributed by atoms with Crippen molar-refractivity contribution in [3.05, 3.63) is 46.7 Å². The molecule has 1 aromatic heterocycles. The van der Waals surface area contributed by atoms with Crippen molar-refractivity contribution in [3.63, 3.8) is 0 Å². The molecule has 18 atom stereocenters. The number of aromatic nitrogens is 3. The SMILES string of the molecule is CC[C@@H]1OC(=O)[C@H](C)[C@H](O[C@H]2C[C@@](C)(OC)[C@@H](OC(=O)NCc3cn(Cc4ccc(Cl)cc4)nn3)[C@H](C)O2)[C@H](C)[C@@H](O[C@@H]2O[C@H](C)C[C@H](N(C)C)[C@H]2O)[C@](C)(O)C[C@@H](C)CN(C)[C@H](C)[C@@H]2OC(=O)O[C@]12C. The molecule has 5 heterocycles. The lowest BCUT2D eigenvalue weighted by Gasteiger charge is -2.49. The van der Waals surface area contributed by atoms with Crippen LogP contribution in [0.5, 0.6) is 0 Å². The quantitative estimate of drug-likeness (QED) is 0.181. The number of likely N-dealkylation sites (N-methyl/N-ethyl adjacent to an activating group) is 2. The minimum absolute atomic E-state index is 0.0378. The minimum Gasteiger partial charge on any atom is -0.458 e. The van der Waals surface area contributed by atoms with Crippen LogP contribution in [0.1, 0.15) is 106 Å². The highest BCUT2D eigenvalue weighted by Crippen LogP contribution is 2.42. The van der Waals surface area contributed by atoms with Crippen LogP contribution in [-0.4, -0.2) is 178 Å². The van der Waals surface area contributed by atoms with E-state index in [-0.39, 0.29) is 49.9 Å². The molecule has 4 aliphatic heterocycles. The summed E-state index contributed by atoms with van der Waals surface area (Å²) in [6.07, 6.45) is -8.05. The molecule has 6 rings (SSSR count). The number of methoxy groups -OCH3 is 1. The second kappa shape index (κ2) is 23.2. The van der Waals surface area contributed by atoms with Crippen LogP contribution in [-0.2, 0) is 60.5 Å². The molecule has 400 valence electrons. The Balaban J connectivity index is 1.28. The first kappa shape index (κ1) is 56.6. The van der Waals surface area contributed by atoms with Gasteiger partial charge in [0.2, 0.25) is 0 Å². The van der Waals surface area contributed by atoms with Gasteiger partial charge in [-0.25, -0.2) is 14.3 Å². The van der Waals surface area contributed by atoms with Crippen LogP contribution in [0.3, 0.4) is 0 Å². The number of ether oxygens (including phenoxy) is 9. The van der Waals surface area contributed by atoms with Crippen LogP contribution in [0.15, 0.2) is 30.5 Å². The van der Waals surface area contributed by atoms with E-state index in [0.29, 0.717) is 30.2 Å². The van der Waals surface area contributed by atoms with Crippen molar-refractivity contribution in [2.75, 3.05) is 34.8 Å². The topological polar surface area (TPSA) is 224 Å². The molecule has 4 saturated heterocycles. The Morgan fingerprint density at radius 1 is 1.00 bits per heavy atom. The number of carbonyl (C=O) groups excluding carboxylic acids is 3. The van der Waals surface area contributed by atoms with Gasteiger partial charge in [-0.2, -0.15) is 0 Å². The van der Waals surface area contributed by atoms with Gasteiger partial charge < -0.3 is 63.1 Å². The smallest absolute Gasteiger partial charge is 0.458 e. The number of alkyl carbamates (subject to hydrolysis) is 1. The van der Waals surface area contributed by atoms with Crippen molar-refractivity contribution in [2.45, 2.75) is 198 Å². The number of amides is 1. The molecule has 71 heavy (non-hydrogen) atoms. The fourth-order valence-electron chi connectivity index (χ4n) is 11.1. The summed E-state index contributed by atoms with van der Waals surface area (Å²) >= 11 is 6.03. The normalized spacial score (nSPS) is 39.9. The standard InChI is InChI=1S/C50H79ClN6O14/c1-15-37-50(10)42(70-47(61)71-50)31(6)56(13)24-27(2)21-48(8,62)41(68-45-39(58)36(55(11)12)20-28(3)64-45)29(4)40(30(5)44(59)66-37)67-38-22-49(9,63-14)43(32(7)65-38)69-46(60)52-23-35-26-57(54-53-35)25-33-16-18-34(51)19-17-33/h16-19,26-32,36-43,45,58,62H,15,20-25H2,1-14H3,(H,52,60)/t27-,28-,29+,30-,31-,32+,36+,37+,38+,39-,40-,41-,42+,43+,45+,48-,49-,50-/m1/s1. The summed E-state index contributed by atoms with van der Waals surface area (Å²) in [5.41, 5.74) is -2.65. The van der Waals surface area contributed by atoms with E-state index in [1.807, 2.05) is 77.7 Å². The number of benzene rings is 1. The van der Waals surface area contributed by atoms with Gasteiger partial charge in [-0.05, 0) is 112 Å². The zero-order valence-corrected chi connectivity index (χ0v) is 44.7. The highest BCUT2D eigenvalue weighted by atomic mass is 35.5. The van der Waals surface area contributed by atoms with E-state index in [1.54, 1.807) is 57.6 Å². The molecule has 0 radical (unpaired) electrons. The second-order valence-corrected chi connectivity index (χ2v) is 21.8. The predicted octanol–water partition coefficient (Wildman–Crippen LogP) is 5.31. The number of hydrogen-bond acceptors (Lipinski definition) is 18. The van der Waals surface area contributed by atoms with Crippen molar-refractivity contribution >= 4 is 29.8 Å². The van der Waals surface area contributed by atoms with Gasteiger partial charge in [0.25, 0.3) is 0 Å². The van der Waals surface area contributed by atoms with Crippen LogP contribution in [0.2, 0.25) is 5.02 Å². The lowest BCUT2D eigenvalue weighted by Crippen LogP contribution is -2.61. The van der Waals surface area contributed by atoms with Gasteiger partial charge in [-0.1, -0.05) is 49.7 Å². The highest BCUT2D eigenvalue weighted by Gasteiger charge is 2.58. The maximum Gasteiger partial charge on any atom is 0.509 e. The molecular weight excluding hydrogens is 944 g/mol. The Kier molecular flexibility index (Phi) is 18.5. The van der Waals surface area contributed by atoms with Crippen LogP contribution in [0.25, 0.3) is 0 Å². The largest absolute Gasteiger partial charge is 0.509 e. The van der Waals surface area contributed by atoms with Gasteiger partial charge in [-0.3, -0.25) is 9.69 Å². The summed E-state index contributed by atoms with van der Waals surface area (Å²) in [6.45, 7) is 19.1.